The summed E-state index contributed by atoms with van der Waals surface area (Å²) in [5, 5.41) is 22.3. The van der Waals surface area contributed by atoms with Gasteiger partial charge in [0.15, 0.2) is 4.32 Å². The van der Waals surface area contributed by atoms with Crippen LogP contribution in [0.1, 0.15) is 11.1 Å². The zero-order chi connectivity index (χ0) is 24.4. The first-order chi connectivity index (χ1) is 16.2. The van der Waals surface area contributed by atoms with E-state index in [2.05, 4.69) is 0 Å². The molecule has 0 saturated carbocycles. The first-order valence-electron chi connectivity index (χ1n) is 9.79. The minimum absolute atomic E-state index is 0.140. The van der Waals surface area contributed by atoms with E-state index in [9.17, 15) is 25.0 Å². The number of benzene rings is 3. The number of nitro groups is 2. The fourth-order valence-electron chi connectivity index (χ4n) is 3.28. The molecule has 0 aliphatic carbocycles. The summed E-state index contributed by atoms with van der Waals surface area (Å²) in [4.78, 5) is 35.8. The normalized spacial score (nSPS) is 14.5. The minimum atomic E-state index is -0.747. The standard InChI is InChI=1S/C23H15N3O6S2/c1-14-5-2-3-8-18(14)24-22(27)21(34-23(24)33)12-15-6-4-7-17(11-15)32-20-10-9-16(25(28)29)13-19(20)26(30)31/h2-13H,1H3/b21-12+. The zero-order valence-electron chi connectivity index (χ0n) is 17.5. The van der Waals surface area contributed by atoms with Crippen LogP contribution in [0.3, 0.4) is 0 Å². The highest BCUT2D eigenvalue weighted by molar-refractivity contribution is 8.27. The van der Waals surface area contributed by atoms with E-state index in [1.807, 2.05) is 31.2 Å². The Morgan fingerprint density at radius 2 is 1.76 bits per heavy atom. The Morgan fingerprint density at radius 1 is 1.00 bits per heavy atom. The van der Waals surface area contributed by atoms with Crippen molar-refractivity contribution in [2.75, 3.05) is 4.90 Å². The van der Waals surface area contributed by atoms with Gasteiger partial charge in [-0.1, -0.05) is 54.3 Å². The number of carbonyl (C=O) groups is 1. The number of thioether (sulfide) groups is 1. The molecule has 3 aromatic rings. The number of ether oxygens (including phenoxy) is 1. The van der Waals surface area contributed by atoms with Gasteiger partial charge < -0.3 is 4.74 Å². The van der Waals surface area contributed by atoms with Crippen molar-refractivity contribution in [2.45, 2.75) is 6.92 Å². The number of para-hydroxylation sites is 1. The van der Waals surface area contributed by atoms with E-state index in [1.165, 1.54) is 22.7 Å². The van der Waals surface area contributed by atoms with Crippen LogP contribution in [0.2, 0.25) is 0 Å². The number of anilines is 1. The van der Waals surface area contributed by atoms with Gasteiger partial charge >= 0.3 is 5.69 Å². The maximum Gasteiger partial charge on any atom is 0.318 e. The van der Waals surface area contributed by atoms with Crippen LogP contribution in [0.15, 0.2) is 71.6 Å². The Morgan fingerprint density at radius 3 is 2.47 bits per heavy atom. The molecule has 1 aliphatic heterocycles. The molecule has 9 nitrogen and oxygen atoms in total. The smallest absolute Gasteiger partial charge is 0.318 e. The number of nitro benzene ring substituents is 2. The van der Waals surface area contributed by atoms with E-state index in [0.717, 1.165) is 23.4 Å². The van der Waals surface area contributed by atoms with Gasteiger partial charge in [0.2, 0.25) is 5.75 Å². The largest absolute Gasteiger partial charge is 0.450 e. The van der Waals surface area contributed by atoms with Gasteiger partial charge in [0.25, 0.3) is 11.6 Å². The van der Waals surface area contributed by atoms with Gasteiger partial charge in [-0.25, -0.2) is 0 Å². The fraction of sp³-hybridized carbons (Fsp3) is 0.0435. The molecule has 3 aromatic carbocycles. The Bertz CT molecular complexity index is 1390. The molecule has 0 bridgehead atoms. The number of carbonyl (C=O) groups excluding carboxylic acids is 1. The summed E-state index contributed by atoms with van der Waals surface area (Å²) < 4.78 is 6.06. The van der Waals surface area contributed by atoms with Gasteiger partial charge in [0, 0.05) is 6.07 Å². The van der Waals surface area contributed by atoms with Crippen LogP contribution in [0, 0.1) is 27.2 Å². The highest BCUT2D eigenvalue weighted by atomic mass is 32.2. The van der Waals surface area contributed by atoms with Gasteiger partial charge in [0.1, 0.15) is 5.75 Å². The van der Waals surface area contributed by atoms with Crippen molar-refractivity contribution in [2.24, 2.45) is 0 Å². The third-order valence-electron chi connectivity index (χ3n) is 4.88. The Balaban J connectivity index is 1.61. The topological polar surface area (TPSA) is 116 Å². The molecule has 11 heteroatoms. The summed E-state index contributed by atoms with van der Waals surface area (Å²) in [7, 11) is 0. The number of thiocarbonyl (C=S) groups is 1. The Labute approximate surface area is 202 Å². The molecule has 1 saturated heterocycles. The van der Waals surface area contributed by atoms with Crippen molar-refractivity contribution in [3.63, 3.8) is 0 Å². The molecule has 0 spiro atoms. The summed E-state index contributed by atoms with van der Waals surface area (Å²) in [6.45, 7) is 1.90. The number of rotatable bonds is 6. The molecule has 0 aromatic heterocycles. The maximum atomic E-state index is 13.0. The van der Waals surface area contributed by atoms with Gasteiger partial charge in [-0.2, -0.15) is 0 Å². The fourth-order valence-corrected chi connectivity index (χ4v) is 4.57. The molecular weight excluding hydrogens is 478 g/mol. The van der Waals surface area contributed by atoms with E-state index < -0.39 is 21.2 Å². The van der Waals surface area contributed by atoms with Crippen molar-refractivity contribution in [1.82, 2.24) is 0 Å². The second-order valence-corrected chi connectivity index (χ2v) is 8.82. The molecule has 4 rings (SSSR count). The van der Waals surface area contributed by atoms with Crippen molar-refractivity contribution < 1.29 is 19.4 Å². The van der Waals surface area contributed by atoms with Crippen LogP contribution in [0.25, 0.3) is 6.08 Å². The lowest BCUT2D eigenvalue weighted by Crippen LogP contribution is -2.28. The number of aryl methyl sites for hydroxylation is 1. The predicted molar refractivity (Wildman–Crippen MR) is 133 cm³/mol. The van der Waals surface area contributed by atoms with Crippen LogP contribution in [-0.2, 0) is 4.79 Å². The zero-order valence-corrected chi connectivity index (χ0v) is 19.2. The molecule has 34 heavy (non-hydrogen) atoms. The lowest BCUT2D eigenvalue weighted by Gasteiger charge is -2.16. The highest BCUT2D eigenvalue weighted by Gasteiger charge is 2.34. The summed E-state index contributed by atoms with van der Waals surface area (Å²) in [5.41, 5.74) is 1.31. The number of amides is 1. The van der Waals surface area contributed by atoms with E-state index in [4.69, 9.17) is 17.0 Å². The summed E-state index contributed by atoms with van der Waals surface area (Å²) in [6.07, 6.45) is 1.66. The van der Waals surface area contributed by atoms with Crippen LogP contribution < -0.4 is 9.64 Å². The predicted octanol–water partition coefficient (Wildman–Crippen LogP) is 6.01. The van der Waals surface area contributed by atoms with Crippen molar-refractivity contribution >= 4 is 57.3 Å². The van der Waals surface area contributed by atoms with Crippen LogP contribution in [0.4, 0.5) is 17.1 Å². The molecule has 1 aliphatic rings. The van der Waals surface area contributed by atoms with Crippen molar-refractivity contribution in [3.8, 4) is 11.5 Å². The lowest BCUT2D eigenvalue weighted by atomic mass is 10.1. The lowest BCUT2D eigenvalue weighted by molar-refractivity contribution is -0.394. The summed E-state index contributed by atoms with van der Waals surface area (Å²) >= 11 is 6.60. The number of hydrogen-bond donors (Lipinski definition) is 0. The molecule has 170 valence electrons. The SMILES string of the molecule is Cc1ccccc1N1C(=O)/C(=C\c2cccc(Oc3ccc([N+](=O)[O-])cc3[N+](=O)[O-])c2)SC1=S. The average molecular weight is 494 g/mol. The van der Waals surface area contributed by atoms with Gasteiger partial charge in [-0.15, -0.1) is 0 Å². The summed E-state index contributed by atoms with van der Waals surface area (Å²) in [6, 6.07) is 17.2. The van der Waals surface area contributed by atoms with Crippen molar-refractivity contribution in [1.29, 1.82) is 0 Å². The molecular formula is C23H15N3O6S2. The molecule has 1 amide bonds. The number of hydrogen-bond acceptors (Lipinski definition) is 8. The van der Waals surface area contributed by atoms with E-state index in [0.29, 0.717) is 14.8 Å². The minimum Gasteiger partial charge on any atom is -0.450 e. The number of nitrogens with zero attached hydrogens (tertiary/aromatic N) is 3. The Hall–Kier alpha value is -4.09. The quantitative estimate of drug-likeness (QED) is 0.177. The van der Waals surface area contributed by atoms with Gasteiger partial charge in [-0.05, 0) is 48.4 Å². The van der Waals surface area contributed by atoms with Crippen LogP contribution in [-0.4, -0.2) is 20.1 Å². The molecule has 0 atom stereocenters. The molecule has 0 radical (unpaired) electrons. The second kappa shape index (κ2) is 9.41. The van der Waals surface area contributed by atoms with Crippen LogP contribution in [0.5, 0.6) is 11.5 Å². The first kappa shape index (κ1) is 23.1. The van der Waals surface area contributed by atoms with Crippen molar-refractivity contribution in [3.05, 3.63) is 103 Å². The Kier molecular flexibility index (Phi) is 6.39. The molecule has 1 heterocycles. The highest BCUT2D eigenvalue weighted by Crippen LogP contribution is 2.38. The van der Waals surface area contributed by atoms with Gasteiger partial charge in [0.05, 0.1) is 26.5 Å². The molecule has 0 unspecified atom stereocenters. The first-order valence-corrected chi connectivity index (χ1v) is 11.0. The average Bonchev–Trinajstić information content (AvgIpc) is 3.07. The third-order valence-corrected chi connectivity index (χ3v) is 6.19. The maximum absolute atomic E-state index is 13.0. The molecule has 0 N–H and O–H groups in total. The monoisotopic (exact) mass is 493 g/mol. The number of non-ortho nitro benzene ring substituents is 1. The van der Waals surface area contributed by atoms with E-state index >= 15 is 0 Å². The van der Waals surface area contributed by atoms with E-state index in [1.54, 1.807) is 30.3 Å². The second-order valence-electron chi connectivity index (χ2n) is 7.14. The van der Waals surface area contributed by atoms with E-state index in [-0.39, 0.29) is 17.4 Å². The van der Waals surface area contributed by atoms with Gasteiger partial charge in [-0.3, -0.25) is 29.9 Å². The summed E-state index contributed by atoms with van der Waals surface area (Å²) in [5.74, 6) is -0.125. The van der Waals surface area contributed by atoms with Crippen LogP contribution >= 0.6 is 24.0 Å². The molecule has 1 fully saturated rings. The third kappa shape index (κ3) is 4.65.